The van der Waals surface area contributed by atoms with E-state index >= 15 is 0 Å². The van der Waals surface area contributed by atoms with Gasteiger partial charge in [-0.1, -0.05) is 13.8 Å². The number of pyridine rings is 1. The lowest BCUT2D eigenvalue weighted by molar-refractivity contribution is 0.127. The fourth-order valence-electron chi connectivity index (χ4n) is 1.58. The Hall–Kier alpha value is -0.610. The highest BCUT2D eigenvalue weighted by Crippen LogP contribution is 2.28. The third-order valence-electron chi connectivity index (χ3n) is 3.26. The minimum absolute atomic E-state index is 0.0251. The molecule has 0 aromatic carbocycles. The fraction of sp³-hybridized carbons (Fsp3) is 0.583. The summed E-state index contributed by atoms with van der Waals surface area (Å²) >= 11 is 3.44. The van der Waals surface area contributed by atoms with Crippen LogP contribution in [-0.2, 0) is 0 Å². The maximum Gasteiger partial charge on any atom is 0.0590 e. The lowest BCUT2D eigenvalue weighted by Crippen LogP contribution is -2.32. The maximum atomic E-state index is 9.46. The number of aromatic nitrogens is 1. The van der Waals surface area contributed by atoms with E-state index in [1.165, 1.54) is 0 Å². The third kappa shape index (κ3) is 3.19. The molecule has 4 heteroatoms. The number of aliphatic hydroxyl groups excluding tert-OH is 1. The first-order valence-corrected chi connectivity index (χ1v) is 6.41. The van der Waals surface area contributed by atoms with E-state index in [0.717, 1.165) is 29.5 Å². The molecule has 0 aliphatic carbocycles. The van der Waals surface area contributed by atoms with E-state index in [9.17, 15) is 5.11 Å². The van der Waals surface area contributed by atoms with Crippen LogP contribution < -0.4 is 5.32 Å². The summed E-state index contributed by atoms with van der Waals surface area (Å²) in [6.45, 7) is 5.22. The van der Waals surface area contributed by atoms with E-state index in [0.29, 0.717) is 0 Å². The molecule has 1 rings (SSSR count). The molecule has 2 N–H and O–H groups in total. The molecular weight excluding hydrogens is 268 g/mol. The predicted molar refractivity (Wildman–Crippen MR) is 70.5 cm³/mol. The predicted octanol–water partition coefficient (Wildman–Crippen LogP) is 3.05. The van der Waals surface area contributed by atoms with Crippen molar-refractivity contribution < 1.29 is 5.11 Å². The molecule has 0 spiro atoms. The fourth-order valence-corrected chi connectivity index (χ4v) is 1.97. The van der Waals surface area contributed by atoms with Crippen LogP contribution in [0.25, 0.3) is 0 Å². The van der Waals surface area contributed by atoms with Crippen molar-refractivity contribution in [3.63, 3.8) is 0 Å². The summed E-state index contributed by atoms with van der Waals surface area (Å²) in [6.07, 6.45) is 5.46. The Morgan fingerprint density at radius 3 is 2.62 bits per heavy atom. The van der Waals surface area contributed by atoms with Crippen LogP contribution in [0.2, 0.25) is 0 Å². The Labute approximate surface area is 105 Å². The third-order valence-corrected chi connectivity index (χ3v) is 3.89. The second-order valence-electron chi connectivity index (χ2n) is 4.07. The summed E-state index contributed by atoms with van der Waals surface area (Å²) in [5.74, 6) is 0. The van der Waals surface area contributed by atoms with Gasteiger partial charge < -0.3 is 10.4 Å². The van der Waals surface area contributed by atoms with Crippen LogP contribution in [0, 0.1) is 5.41 Å². The molecule has 0 aliphatic rings. The molecule has 1 aromatic rings. The maximum absolute atomic E-state index is 9.46. The average molecular weight is 287 g/mol. The zero-order valence-corrected chi connectivity index (χ0v) is 11.4. The van der Waals surface area contributed by atoms with Gasteiger partial charge in [-0.2, -0.15) is 0 Å². The molecule has 0 saturated carbocycles. The number of hydrogen-bond acceptors (Lipinski definition) is 3. The van der Waals surface area contributed by atoms with Crippen molar-refractivity contribution >= 4 is 21.6 Å². The van der Waals surface area contributed by atoms with E-state index < -0.39 is 0 Å². The minimum Gasteiger partial charge on any atom is -0.396 e. The number of nitrogens with one attached hydrogen (secondary N) is 1. The van der Waals surface area contributed by atoms with Crippen LogP contribution in [0.4, 0.5) is 5.69 Å². The van der Waals surface area contributed by atoms with E-state index in [-0.39, 0.29) is 12.0 Å². The molecule has 0 amide bonds. The van der Waals surface area contributed by atoms with Gasteiger partial charge in [-0.05, 0) is 34.8 Å². The highest BCUT2D eigenvalue weighted by atomic mass is 79.9. The zero-order valence-electron chi connectivity index (χ0n) is 9.83. The molecule has 0 bridgehead atoms. The molecule has 0 atom stereocenters. The molecular formula is C12H19BrN2O. The lowest BCUT2D eigenvalue weighted by Gasteiger charge is -2.30. The van der Waals surface area contributed by atoms with Gasteiger partial charge in [-0.15, -0.1) is 0 Å². The van der Waals surface area contributed by atoms with Crippen LogP contribution in [-0.4, -0.2) is 23.2 Å². The molecule has 1 heterocycles. The van der Waals surface area contributed by atoms with Crippen molar-refractivity contribution in [3.05, 3.63) is 22.9 Å². The largest absolute Gasteiger partial charge is 0.396 e. The molecule has 3 nitrogen and oxygen atoms in total. The van der Waals surface area contributed by atoms with Crippen LogP contribution in [0.3, 0.4) is 0 Å². The highest BCUT2D eigenvalue weighted by Gasteiger charge is 2.24. The normalized spacial score (nSPS) is 11.5. The van der Waals surface area contributed by atoms with Crippen molar-refractivity contribution in [2.75, 3.05) is 18.5 Å². The summed E-state index contributed by atoms with van der Waals surface area (Å²) in [5.41, 5.74) is 0.998. The molecule has 0 aliphatic heterocycles. The Balaban J connectivity index is 2.66. The number of hydrogen-bond donors (Lipinski definition) is 2. The summed E-state index contributed by atoms with van der Waals surface area (Å²) in [7, 11) is 0. The van der Waals surface area contributed by atoms with Gasteiger partial charge in [0.2, 0.25) is 0 Å². The topological polar surface area (TPSA) is 45.1 Å². The van der Waals surface area contributed by atoms with Crippen molar-refractivity contribution in [1.82, 2.24) is 4.98 Å². The standard InChI is InChI=1S/C12H19BrN2O/c1-3-12(4-2,9-16)8-15-11-5-6-14-7-10(11)13/h5-7,16H,3-4,8-9H2,1-2H3,(H,14,15). The van der Waals surface area contributed by atoms with E-state index in [2.05, 4.69) is 40.1 Å². The second kappa shape index (κ2) is 6.21. The van der Waals surface area contributed by atoms with E-state index in [1.807, 2.05) is 6.07 Å². The van der Waals surface area contributed by atoms with Crippen LogP contribution in [0.5, 0.6) is 0 Å². The Kier molecular flexibility index (Phi) is 5.22. The second-order valence-corrected chi connectivity index (χ2v) is 4.93. The first-order valence-electron chi connectivity index (χ1n) is 5.61. The zero-order chi connectivity index (χ0) is 12.0. The lowest BCUT2D eigenvalue weighted by atomic mass is 9.83. The first kappa shape index (κ1) is 13.5. The van der Waals surface area contributed by atoms with Gasteiger partial charge in [-0.3, -0.25) is 4.98 Å². The molecule has 1 aromatic heterocycles. The van der Waals surface area contributed by atoms with Gasteiger partial charge in [0.05, 0.1) is 16.8 Å². The molecule has 90 valence electrons. The van der Waals surface area contributed by atoms with Gasteiger partial charge in [0, 0.05) is 24.4 Å². The summed E-state index contributed by atoms with van der Waals surface area (Å²) in [4.78, 5) is 4.01. The molecule has 0 radical (unpaired) electrons. The van der Waals surface area contributed by atoms with Gasteiger partial charge in [0.25, 0.3) is 0 Å². The van der Waals surface area contributed by atoms with E-state index in [1.54, 1.807) is 12.4 Å². The number of anilines is 1. The Morgan fingerprint density at radius 2 is 2.12 bits per heavy atom. The van der Waals surface area contributed by atoms with Crippen molar-refractivity contribution in [2.24, 2.45) is 5.41 Å². The molecule has 16 heavy (non-hydrogen) atoms. The summed E-state index contributed by atoms with van der Waals surface area (Å²) < 4.78 is 0.953. The molecule has 0 unspecified atom stereocenters. The average Bonchev–Trinajstić information content (AvgIpc) is 2.34. The molecule has 0 fully saturated rings. The quantitative estimate of drug-likeness (QED) is 0.845. The molecule has 0 saturated heterocycles. The van der Waals surface area contributed by atoms with Crippen LogP contribution >= 0.6 is 15.9 Å². The smallest absolute Gasteiger partial charge is 0.0590 e. The number of aliphatic hydroxyl groups is 1. The van der Waals surface area contributed by atoms with Crippen molar-refractivity contribution in [3.8, 4) is 0 Å². The Bertz CT molecular complexity index is 318. The summed E-state index contributed by atoms with van der Waals surface area (Å²) in [5, 5.41) is 12.8. The van der Waals surface area contributed by atoms with Gasteiger partial charge in [-0.25, -0.2) is 0 Å². The monoisotopic (exact) mass is 286 g/mol. The minimum atomic E-state index is -0.0251. The SMILES string of the molecule is CCC(CC)(CO)CNc1ccncc1Br. The van der Waals surface area contributed by atoms with Gasteiger partial charge in [0.15, 0.2) is 0 Å². The van der Waals surface area contributed by atoms with E-state index in [4.69, 9.17) is 0 Å². The Morgan fingerprint density at radius 1 is 1.44 bits per heavy atom. The summed E-state index contributed by atoms with van der Waals surface area (Å²) in [6, 6.07) is 1.93. The van der Waals surface area contributed by atoms with Crippen molar-refractivity contribution in [1.29, 1.82) is 0 Å². The van der Waals surface area contributed by atoms with Crippen molar-refractivity contribution in [2.45, 2.75) is 26.7 Å². The first-order chi connectivity index (χ1) is 7.67. The highest BCUT2D eigenvalue weighted by molar-refractivity contribution is 9.10. The van der Waals surface area contributed by atoms with Crippen LogP contribution in [0.1, 0.15) is 26.7 Å². The number of nitrogens with zero attached hydrogens (tertiary/aromatic N) is 1. The number of rotatable bonds is 6. The number of halogens is 1. The van der Waals surface area contributed by atoms with Gasteiger partial charge in [0.1, 0.15) is 0 Å². The van der Waals surface area contributed by atoms with Gasteiger partial charge >= 0.3 is 0 Å². The van der Waals surface area contributed by atoms with Crippen LogP contribution in [0.15, 0.2) is 22.9 Å².